The van der Waals surface area contributed by atoms with Crippen LogP contribution < -0.4 is 5.19 Å². The molecule has 2 heteroatoms. The monoisotopic (exact) mass is 816 g/mol. The van der Waals surface area contributed by atoms with Gasteiger partial charge in [0.15, 0.2) is 0 Å². The normalized spacial score (nSPS) is 15.5. The average Bonchev–Trinajstić information content (AvgIpc) is 3.68. The summed E-state index contributed by atoms with van der Waals surface area (Å²) in [7, 11) is -1.43. The molecule has 48 heavy (non-hydrogen) atoms. The van der Waals surface area contributed by atoms with E-state index in [1.54, 1.807) is 14.4 Å². The molecule has 2 aliphatic rings. The van der Waals surface area contributed by atoms with Crippen molar-refractivity contribution in [2.45, 2.75) is 106 Å². The van der Waals surface area contributed by atoms with Crippen LogP contribution >= 0.6 is 0 Å². The van der Waals surface area contributed by atoms with Crippen LogP contribution in [0, 0.1) is 0 Å². The maximum atomic E-state index is 2.61. The van der Waals surface area contributed by atoms with Crippen LogP contribution in [-0.2, 0) is 38.2 Å². The number of unbranched alkanes of at least 4 members (excludes halogenated alkanes) is 1. The third-order valence-corrected chi connectivity index (χ3v) is 25.2. The van der Waals surface area contributed by atoms with Gasteiger partial charge in [0, 0.05) is 0 Å². The zero-order valence-corrected chi connectivity index (χ0v) is 35.8. The van der Waals surface area contributed by atoms with Crippen LogP contribution in [0.15, 0.2) is 109 Å². The first kappa shape index (κ1) is 35.2. The number of allylic oxidation sites excluding steroid dienone is 4. The molecule has 0 N–H and O–H groups in total. The van der Waals surface area contributed by atoms with Gasteiger partial charge in [-0.05, 0) is 0 Å². The zero-order chi connectivity index (χ0) is 34.4. The van der Waals surface area contributed by atoms with Crippen molar-refractivity contribution in [1.29, 1.82) is 0 Å². The van der Waals surface area contributed by atoms with Gasteiger partial charge in [-0.3, -0.25) is 0 Å². The van der Waals surface area contributed by atoms with Crippen LogP contribution in [0.2, 0.25) is 23.3 Å². The minimum atomic E-state index is -2.99. The van der Waals surface area contributed by atoms with E-state index >= 15 is 0 Å². The Kier molecular flexibility index (Phi) is 9.93. The first-order chi connectivity index (χ1) is 22.7. The summed E-state index contributed by atoms with van der Waals surface area (Å²) >= 11 is -2.99. The second kappa shape index (κ2) is 13.6. The third kappa shape index (κ3) is 7.13. The number of benzene rings is 4. The molecule has 4 aromatic carbocycles. The first-order valence-corrected chi connectivity index (χ1v) is 27.7. The molecule has 4 aromatic rings. The molecule has 0 nitrogen and oxygen atoms in total. The topological polar surface area (TPSA) is 0 Å². The Morgan fingerprint density at radius 1 is 0.646 bits per heavy atom. The van der Waals surface area contributed by atoms with Crippen molar-refractivity contribution in [3.8, 4) is 11.1 Å². The van der Waals surface area contributed by atoms with Crippen molar-refractivity contribution < 1.29 is 21.0 Å². The Labute approximate surface area is 300 Å². The molecule has 0 radical (unpaired) electrons. The number of fused-ring (bicyclic) bond motifs is 3. The van der Waals surface area contributed by atoms with E-state index < -0.39 is 29.0 Å². The van der Waals surface area contributed by atoms with Crippen LogP contribution in [0.1, 0.15) is 104 Å². The summed E-state index contributed by atoms with van der Waals surface area (Å²) in [6.45, 7) is 23.9. The zero-order valence-electron chi connectivity index (χ0n) is 31.2. The van der Waals surface area contributed by atoms with E-state index in [9.17, 15) is 0 Å². The second-order valence-electron chi connectivity index (χ2n) is 17.3. The summed E-state index contributed by atoms with van der Waals surface area (Å²) in [5, 5.41) is 1.54. The second-order valence-corrected chi connectivity index (χ2v) is 31.9. The van der Waals surface area contributed by atoms with Crippen LogP contribution in [0.25, 0.3) is 11.1 Å². The van der Waals surface area contributed by atoms with Crippen LogP contribution in [0.4, 0.5) is 0 Å². The van der Waals surface area contributed by atoms with Gasteiger partial charge in [-0.2, -0.15) is 0 Å². The summed E-state index contributed by atoms with van der Waals surface area (Å²) in [4.78, 5) is 0. The van der Waals surface area contributed by atoms with Gasteiger partial charge in [-0.25, -0.2) is 0 Å². The third-order valence-electron chi connectivity index (χ3n) is 10.6. The molecular formula is C46H56HfSi. The molecule has 0 saturated heterocycles. The predicted octanol–water partition coefficient (Wildman–Crippen LogP) is 12.0. The predicted molar refractivity (Wildman–Crippen MR) is 211 cm³/mol. The Morgan fingerprint density at radius 2 is 1.12 bits per heavy atom. The number of hydrogen-bond donors (Lipinski definition) is 0. The summed E-state index contributed by atoms with van der Waals surface area (Å²) in [5.41, 5.74) is 13.5. The van der Waals surface area contributed by atoms with Gasteiger partial charge in [0.1, 0.15) is 0 Å². The van der Waals surface area contributed by atoms with Gasteiger partial charge in [0.25, 0.3) is 0 Å². The Morgan fingerprint density at radius 3 is 1.56 bits per heavy atom. The van der Waals surface area contributed by atoms with Crippen LogP contribution in [0.5, 0.6) is 0 Å². The van der Waals surface area contributed by atoms with Crippen molar-refractivity contribution in [2.24, 2.45) is 0 Å². The molecule has 0 saturated carbocycles. The molecule has 0 amide bonds. The fourth-order valence-electron chi connectivity index (χ4n) is 7.53. The summed E-state index contributed by atoms with van der Waals surface area (Å²) in [6, 6.07) is 34.7. The molecule has 0 heterocycles. The van der Waals surface area contributed by atoms with Crippen molar-refractivity contribution in [3.63, 3.8) is 0 Å². The summed E-state index contributed by atoms with van der Waals surface area (Å²) in [6.07, 6.45) is 13.4. The fraction of sp³-hybridized carbons (Fsp3) is 0.370. The van der Waals surface area contributed by atoms with E-state index in [-0.39, 0.29) is 10.8 Å². The first-order valence-electron chi connectivity index (χ1n) is 18.3. The van der Waals surface area contributed by atoms with E-state index in [1.807, 2.05) is 0 Å². The van der Waals surface area contributed by atoms with Gasteiger partial charge in [-0.15, -0.1) is 0 Å². The molecule has 0 atom stereocenters. The molecule has 6 rings (SSSR count). The van der Waals surface area contributed by atoms with Gasteiger partial charge >= 0.3 is 302 Å². The van der Waals surface area contributed by atoms with Gasteiger partial charge in [0.05, 0.1) is 0 Å². The van der Waals surface area contributed by atoms with E-state index in [0.29, 0.717) is 7.35 Å². The molecule has 2 aliphatic carbocycles. The Balaban J connectivity index is 1.70. The fourth-order valence-corrected chi connectivity index (χ4v) is 22.3. The summed E-state index contributed by atoms with van der Waals surface area (Å²) in [5.74, 6) is 0. The molecular weight excluding hydrogens is 759 g/mol. The van der Waals surface area contributed by atoms with Crippen LogP contribution in [-0.4, -0.2) is 11.3 Å². The van der Waals surface area contributed by atoms with Crippen LogP contribution in [0.3, 0.4) is 0 Å². The summed E-state index contributed by atoms with van der Waals surface area (Å²) < 4.78 is 2.62. The molecule has 0 bridgehead atoms. The van der Waals surface area contributed by atoms with Crippen molar-refractivity contribution >= 4 is 16.5 Å². The van der Waals surface area contributed by atoms with Crippen molar-refractivity contribution in [1.82, 2.24) is 0 Å². The number of aryl methyl sites for hydroxylation is 1. The quantitative estimate of drug-likeness (QED) is 0.155. The van der Waals surface area contributed by atoms with Crippen molar-refractivity contribution in [2.75, 3.05) is 0 Å². The Bertz CT molecular complexity index is 1800. The molecule has 248 valence electrons. The maximum absolute atomic E-state index is 2.99. The van der Waals surface area contributed by atoms with E-state index in [1.165, 1.54) is 57.0 Å². The van der Waals surface area contributed by atoms with Gasteiger partial charge in [-0.1, -0.05) is 0 Å². The van der Waals surface area contributed by atoms with E-state index in [4.69, 9.17) is 0 Å². The van der Waals surface area contributed by atoms with E-state index in [0.717, 1.165) is 6.42 Å². The SMILES string of the molecule is CCCCc1ccc([C](c2ccc([Si](C)(C)C)cc2)=[Hf]([CH]2C=CC=C2)[CH]2c3cc(C(C)(C)C)ccc3-c3ccc(C(C)(C)C)cc32)cc1. The van der Waals surface area contributed by atoms with Gasteiger partial charge in [0.2, 0.25) is 0 Å². The molecule has 0 unspecified atom stereocenters. The molecule has 0 fully saturated rings. The van der Waals surface area contributed by atoms with Gasteiger partial charge < -0.3 is 0 Å². The Hall–Kier alpha value is -2.68. The molecule has 0 spiro atoms. The minimum absolute atomic E-state index is 0.0942. The molecule has 0 aromatic heterocycles. The van der Waals surface area contributed by atoms with Crippen molar-refractivity contribution in [3.05, 3.63) is 148 Å². The molecule has 0 aliphatic heterocycles. The number of rotatable bonds is 8. The standard InChI is InChI=1S/C21H25.C20H26Si.C5H5.Hf/c1-20(2,3)16-7-9-18-14(12-16)11-15-13-17(21(4,5)6)8-10-19(15)18;1-5-6-7-17-8-10-18(11-9-17)16-19-12-14-20(15-13-19)21(2,3)4;1-2-4-5-3-1;/h7-13H,1-6H3;8-15H,5-7H2,1-4H3;1-5H;. The number of hydrogen-bond acceptors (Lipinski definition) is 0. The average molecular weight is 816 g/mol. The van der Waals surface area contributed by atoms with E-state index in [2.05, 4.69) is 177 Å².